The van der Waals surface area contributed by atoms with E-state index in [4.69, 9.17) is 0 Å². The summed E-state index contributed by atoms with van der Waals surface area (Å²) in [5.41, 5.74) is 1.64. The van der Waals surface area contributed by atoms with Crippen LogP contribution in [0.1, 0.15) is 58.8 Å². The van der Waals surface area contributed by atoms with Gasteiger partial charge in [-0.1, -0.05) is 19.4 Å². The summed E-state index contributed by atoms with van der Waals surface area (Å²) < 4.78 is 0. The Bertz CT molecular complexity index is 494. The van der Waals surface area contributed by atoms with E-state index in [1.54, 1.807) is 0 Å². The van der Waals surface area contributed by atoms with Crippen molar-refractivity contribution in [3.05, 3.63) is 11.6 Å². The minimum absolute atomic E-state index is 0.0766. The quantitative estimate of drug-likeness (QED) is 0.737. The van der Waals surface area contributed by atoms with Crippen molar-refractivity contribution >= 4 is 5.78 Å². The van der Waals surface area contributed by atoms with Gasteiger partial charge in [0.1, 0.15) is 0 Å². The minimum Gasteiger partial charge on any atom is -0.393 e. The molecular weight excluding hydrogens is 260 g/mol. The van der Waals surface area contributed by atoms with Gasteiger partial charge in [0.2, 0.25) is 0 Å². The van der Waals surface area contributed by atoms with Crippen LogP contribution >= 0.6 is 0 Å². The number of hydrogen-bond acceptors (Lipinski definition) is 2. The Labute approximate surface area is 128 Å². The number of aliphatic hydroxyl groups is 1. The van der Waals surface area contributed by atoms with Gasteiger partial charge >= 0.3 is 0 Å². The smallest absolute Gasteiger partial charge is 0.158 e. The van der Waals surface area contributed by atoms with Crippen LogP contribution in [0.3, 0.4) is 0 Å². The predicted molar refractivity (Wildman–Crippen MR) is 82.6 cm³/mol. The lowest BCUT2D eigenvalue weighted by atomic mass is 9.51. The average molecular weight is 288 g/mol. The van der Waals surface area contributed by atoms with E-state index in [-0.39, 0.29) is 17.4 Å². The third-order valence-corrected chi connectivity index (χ3v) is 7.62. The lowest BCUT2D eigenvalue weighted by molar-refractivity contribution is -0.119. The molecule has 0 aromatic rings. The molecule has 3 fully saturated rings. The number of ketones is 1. The predicted octanol–water partition coefficient (Wildman–Crippen LogP) is 3.74. The molecule has 0 saturated heterocycles. The van der Waals surface area contributed by atoms with Crippen LogP contribution in [0.25, 0.3) is 0 Å². The molecule has 4 rings (SSSR count). The summed E-state index contributed by atoms with van der Waals surface area (Å²) >= 11 is 0. The highest BCUT2D eigenvalue weighted by Crippen LogP contribution is 2.61. The lowest BCUT2D eigenvalue weighted by Gasteiger charge is -2.53. The van der Waals surface area contributed by atoms with Crippen molar-refractivity contribution in [2.75, 3.05) is 0 Å². The Morgan fingerprint density at radius 2 is 2.00 bits per heavy atom. The van der Waals surface area contributed by atoms with Crippen LogP contribution < -0.4 is 0 Å². The number of fused-ring (bicyclic) bond motifs is 5. The number of carbonyl (C=O) groups excluding carboxylic acids is 1. The number of hydrogen-bond donors (Lipinski definition) is 1. The lowest BCUT2D eigenvalue weighted by Crippen LogP contribution is -2.48. The number of carbonyl (C=O) groups is 1. The Morgan fingerprint density at radius 3 is 2.81 bits per heavy atom. The Morgan fingerprint density at radius 1 is 1.19 bits per heavy atom. The SMILES string of the molecule is C[C@@H]1CC2C(=CC1=O)CCC1C2CCC2(C)C(O)CCC12. The van der Waals surface area contributed by atoms with Crippen molar-refractivity contribution in [3.8, 4) is 0 Å². The van der Waals surface area contributed by atoms with Gasteiger partial charge < -0.3 is 5.11 Å². The van der Waals surface area contributed by atoms with E-state index >= 15 is 0 Å². The molecule has 0 aromatic carbocycles. The largest absolute Gasteiger partial charge is 0.393 e. The molecule has 1 N–H and O–H groups in total. The standard InChI is InChI=1S/C19H28O2/c1-11-9-15-12(10-17(11)20)3-4-14-13(15)7-8-19(2)16(14)5-6-18(19)21/h10-11,13-16,18,21H,3-9H2,1-2H3/t11-,13?,14?,15?,16?,18?,19?/m1/s1. The van der Waals surface area contributed by atoms with E-state index < -0.39 is 0 Å². The normalized spacial score (nSPS) is 52.7. The molecule has 0 bridgehead atoms. The highest BCUT2D eigenvalue weighted by Gasteiger charge is 2.56. The van der Waals surface area contributed by atoms with Crippen molar-refractivity contribution < 1.29 is 9.90 Å². The molecule has 0 spiro atoms. The maximum atomic E-state index is 12.0. The zero-order valence-electron chi connectivity index (χ0n) is 13.3. The van der Waals surface area contributed by atoms with Crippen molar-refractivity contribution in [2.45, 2.75) is 64.9 Å². The van der Waals surface area contributed by atoms with Crippen LogP contribution in [-0.2, 0) is 4.79 Å². The van der Waals surface area contributed by atoms with E-state index in [0.717, 1.165) is 37.0 Å². The number of allylic oxidation sites excluding steroid dienone is 1. The molecule has 6 unspecified atom stereocenters. The van der Waals surface area contributed by atoms with E-state index in [2.05, 4.69) is 13.8 Å². The fourth-order valence-electron chi connectivity index (χ4n) is 6.33. The minimum atomic E-state index is -0.0766. The molecule has 0 aromatic heterocycles. The summed E-state index contributed by atoms with van der Waals surface area (Å²) in [5, 5.41) is 10.4. The molecule has 116 valence electrons. The first kappa shape index (κ1) is 14.0. The summed E-state index contributed by atoms with van der Waals surface area (Å²) in [4.78, 5) is 12.0. The molecule has 2 heteroatoms. The van der Waals surface area contributed by atoms with Crippen LogP contribution in [0, 0.1) is 35.0 Å². The molecule has 3 saturated carbocycles. The second-order valence-electron chi connectivity index (χ2n) is 8.48. The molecule has 2 nitrogen and oxygen atoms in total. The summed E-state index contributed by atoms with van der Waals surface area (Å²) in [6.45, 7) is 4.44. The molecular formula is C19H28O2. The van der Waals surface area contributed by atoms with Crippen LogP contribution in [0.5, 0.6) is 0 Å². The fraction of sp³-hybridized carbons (Fsp3) is 0.842. The van der Waals surface area contributed by atoms with Crippen LogP contribution in [-0.4, -0.2) is 17.0 Å². The van der Waals surface area contributed by atoms with Gasteiger partial charge in [0.25, 0.3) is 0 Å². The van der Waals surface area contributed by atoms with Crippen molar-refractivity contribution in [1.82, 2.24) is 0 Å². The zero-order valence-corrected chi connectivity index (χ0v) is 13.3. The fourth-order valence-corrected chi connectivity index (χ4v) is 6.33. The summed E-state index contributed by atoms with van der Waals surface area (Å²) in [5.74, 6) is 3.54. The second kappa shape index (κ2) is 4.68. The molecule has 21 heavy (non-hydrogen) atoms. The van der Waals surface area contributed by atoms with Gasteiger partial charge in [-0.15, -0.1) is 0 Å². The van der Waals surface area contributed by atoms with E-state index in [9.17, 15) is 9.90 Å². The van der Waals surface area contributed by atoms with Gasteiger partial charge in [-0.2, -0.15) is 0 Å². The first-order valence-corrected chi connectivity index (χ1v) is 8.93. The summed E-state index contributed by atoms with van der Waals surface area (Å²) in [6.07, 6.45) is 10.1. The Kier molecular flexibility index (Phi) is 3.12. The molecule has 7 atom stereocenters. The average Bonchev–Trinajstić information content (AvgIpc) is 2.76. The van der Waals surface area contributed by atoms with Gasteiger partial charge in [-0.25, -0.2) is 0 Å². The van der Waals surface area contributed by atoms with Gasteiger partial charge in [0.05, 0.1) is 6.10 Å². The number of rotatable bonds is 0. The molecule has 4 aliphatic rings. The number of aliphatic hydroxyl groups excluding tert-OH is 1. The third-order valence-electron chi connectivity index (χ3n) is 7.62. The highest BCUT2D eigenvalue weighted by molar-refractivity contribution is 5.93. The molecule has 0 aliphatic heterocycles. The third kappa shape index (κ3) is 1.91. The van der Waals surface area contributed by atoms with Gasteiger partial charge in [-0.3, -0.25) is 4.79 Å². The Hall–Kier alpha value is -0.630. The van der Waals surface area contributed by atoms with Gasteiger partial charge in [0, 0.05) is 5.92 Å². The van der Waals surface area contributed by atoms with Crippen molar-refractivity contribution in [3.63, 3.8) is 0 Å². The zero-order chi connectivity index (χ0) is 14.8. The van der Waals surface area contributed by atoms with Crippen LogP contribution in [0.2, 0.25) is 0 Å². The van der Waals surface area contributed by atoms with Gasteiger partial charge in [0.15, 0.2) is 5.78 Å². The van der Waals surface area contributed by atoms with Gasteiger partial charge in [-0.05, 0) is 80.1 Å². The first-order chi connectivity index (χ1) is 10.0. The maximum absolute atomic E-state index is 12.0. The van der Waals surface area contributed by atoms with E-state index in [0.29, 0.717) is 11.7 Å². The molecule has 0 radical (unpaired) electrons. The molecule has 0 amide bonds. The van der Waals surface area contributed by atoms with E-state index in [1.807, 2.05) is 6.08 Å². The van der Waals surface area contributed by atoms with E-state index in [1.165, 1.54) is 31.3 Å². The summed E-state index contributed by atoms with van der Waals surface area (Å²) in [7, 11) is 0. The first-order valence-electron chi connectivity index (χ1n) is 8.93. The topological polar surface area (TPSA) is 37.3 Å². The monoisotopic (exact) mass is 288 g/mol. The maximum Gasteiger partial charge on any atom is 0.158 e. The molecule has 0 heterocycles. The Balaban J connectivity index is 1.63. The van der Waals surface area contributed by atoms with Crippen molar-refractivity contribution in [1.29, 1.82) is 0 Å². The van der Waals surface area contributed by atoms with Crippen LogP contribution in [0.4, 0.5) is 0 Å². The summed E-state index contributed by atoms with van der Waals surface area (Å²) in [6, 6.07) is 0. The molecule has 4 aliphatic carbocycles. The highest BCUT2D eigenvalue weighted by atomic mass is 16.3. The van der Waals surface area contributed by atoms with Crippen molar-refractivity contribution in [2.24, 2.45) is 35.0 Å². The van der Waals surface area contributed by atoms with Crippen LogP contribution in [0.15, 0.2) is 11.6 Å². The second-order valence-corrected chi connectivity index (χ2v) is 8.48.